The maximum Gasteiger partial charge on any atom is 0.427 e. The predicted molar refractivity (Wildman–Crippen MR) is 97.9 cm³/mol. The number of hydrogen-bond donors (Lipinski definition) is 1. The van der Waals surface area contributed by atoms with Crippen molar-refractivity contribution in [3.63, 3.8) is 0 Å². The molecule has 9 heteroatoms. The van der Waals surface area contributed by atoms with E-state index in [4.69, 9.17) is 0 Å². The lowest BCUT2D eigenvalue weighted by Gasteiger charge is -2.17. The van der Waals surface area contributed by atoms with Crippen LogP contribution < -0.4 is 10.2 Å². The molecule has 1 amide bonds. The molecule has 0 radical (unpaired) electrons. The highest BCUT2D eigenvalue weighted by atomic mass is 32.1. The first-order chi connectivity index (χ1) is 12.8. The maximum atomic E-state index is 12.6. The fraction of sp³-hybridized carbons (Fsp3) is 0.167. The van der Waals surface area contributed by atoms with Gasteiger partial charge in [0.15, 0.2) is 5.13 Å². The second-order valence-electron chi connectivity index (χ2n) is 5.65. The van der Waals surface area contributed by atoms with Crippen molar-refractivity contribution in [1.82, 2.24) is 9.97 Å². The summed E-state index contributed by atoms with van der Waals surface area (Å²) in [5, 5.41) is 3.08. The van der Waals surface area contributed by atoms with Gasteiger partial charge in [0.25, 0.3) is 5.91 Å². The highest BCUT2D eigenvalue weighted by Crippen LogP contribution is 2.35. The van der Waals surface area contributed by atoms with Gasteiger partial charge in [0.2, 0.25) is 0 Å². The summed E-state index contributed by atoms with van der Waals surface area (Å²) in [4.78, 5) is 20.8. The minimum Gasteiger partial charge on any atom is -0.357 e. The van der Waals surface area contributed by atoms with Gasteiger partial charge in [0.05, 0.1) is 6.20 Å². The number of benzene rings is 1. The highest BCUT2D eigenvalue weighted by Gasteiger charge is 2.33. The van der Waals surface area contributed by atoms with Crippen LogP contribution in [0.4, 0.5) is 24.0 Å². The maximum absolute atomic E-state index is 12.6. The molecule has 1 N–H and O–H groups in total. The summed E-state index contributed by atoms with van der Waals surface area (Å²) in [5.41, 5.74) is 2.09. The zero-order valence-electron chi connectivity index (χ0n) is 14.2. The van der Waals surface area contributed by atoms with Crippen LogP contribution in [-0.2, 0) is 12.7 Å². The van der Waals surface area contributed by atoms with Gasteiger partial charge < -0.3 is 10.2 Å². The molecule has 3 rings (SSSR count). The Morgan fingerprint density at radius 3 is 2.41 bits per heavy atom. The van der Waals surface area contributed by atoms with Crippen LogP contribution in [0.3, 0.4) is 0 Å². The van der Waals surface area contributed by atoms with E-state index in [0.29, 0.717) is 29.1 Å². The van der Waals surface area contributed by atoms with E-state index >= 15 is 0 Å². The highest BCUT2D eigenvalue weighted by molar-refractivity contribution is 7.15. The molecule has 0 bridgehead atoms. The van der Waals surface area contributed by atoms with E-state index in [1.807, 2.05) is 0 Å². The molecule has 0 saturated heterocycles. The predicted octanol–water partition coefficient (Wildman–Crippen LogP) is 4.45. The first-order valence-corrected chi connectivity index (χ1v) is 8.70. The number of alkyl halides is 3. The Bertz CT molecular complexity index is 910. The summed E-state index contributed by atoms with van der Waals surface area (Å²) in [7, 11) is 1.67. The zero-order valence-corrected chi connectivity index (χ0v) is 15.0. The Balaban J connectivity index is 1.62. The third-order valence-electron chi connectivity index (χ3n) is 3.78. The van der Waals surface area contributed by atoms with Crippen LogP contribution in [-0.4, -0.2) is 22.9 Å². The number of carbonyl (C=O) groups is 1. The Kier molecular flexibility index (Phi) is 5.41. The second-order valence-corrected chi connectivity index (χ2v) is 6.68. The molecule has 0 atom stereocenters. The van der Waals surface area contributed by atoms with Crippen LogP contribution in [0.25, 0.3) is 0 Å². The molecular formula is C18H15F3N4OS. The summed E-state index contributed by atoms with van der Waals surface area (Å²) in [5.74, 6) is -0.161. The zero-order chi connectivity index (χ0) is 19.4. The van der Waals surface area contributed by atoms with Gasteiger partial charge in [-0.2, -0.15) is 13.2 Å². The Morgan fingerprint density at radius 2 is 1.81 bits per heavy atom. The number of pyridine rings is 1. The summed E-state index contributed by atoms with van der Waals surface area (Å²) < 4.78 is 37.7. The average Bonchev–Trinajstić information content (AvgIpc) is 3.16. The topological polar surface area (TPSA) is 58.1 Å². The molecule has 0 spiro atoms. The molecule has 5 nitrogen and oxygen atoms in total. The van der Waals surface area contributed by atoms with E-state index in [2.05, 4.69) is 15.3 Å². The third-order valence-corrected chi connectivity index (χ3v) is 4.78. The van der Waals surface area contributed by atoms with Crippen molar-refractivity contribution in [2.75, 3.05) is 17.3 Å². The second kappa shape index (κ2) is 7.75. The molecule has 0 aliphatic carbocycles. The van der Waals surface area contributed by atoms with Crippen LogP contribution in [0.2, 0.25) is 0 Å². The fourth-order valence-corrected chi connectivity index (χ4v) is 2.99. The molecule has 1 aromatic carbocycles. The minimum atomic E-state index is -4.38. The van der Waals surface area contributed by atoms with Crippen LogP contribution >= 0.6 is 11.3 Å². The summed E-state index contributed by atoms with van der Waals surface area (Å²) in [6.45, 7) is 0.326. The molecule has 0 aliphatic heterocycles. The Morgan fingerprint density at radius 1 is 1.15 bits per heavy atom. The number of aromatic nitrogens is 2. The van der Waals surface area contributed by atoms with Crippen LogP contribution in [0.15, 0.2) is 55.0 Å². The number of nitrogens with one attached hydrogen (secondary N) is 1. The third kappa shape index (κ3) is 4.62. The van der Waals surface area contributed by atoms with E-state index in [1.165, 1.54) is 4.90 Å². The lowest BCUT2D eigenvalue weighted by atomic mass is 10.1. The van der Waals surface area contributed by atoms with Crippen molar-refractivity contribution in [2.24, 2.45) is 0 Å². The number of halogens is 3. The number of thiazole rings is 1. The number of nitrogens with zero attached hydrogens (tertiary/aromatic N) is 3. The first kappa shape index (κ1) is 18.8. The summed E-state index contributed by atoms with van der Waals surface area (Å²) in [6.07, 6.45) is -0.460. The van der Waals surface area contributed by atoms with Gasteiger partial charge in [0.1, 0.15) is 4.88 Å². The SMILES string of the molecule is CN(C(=O)c1ccncc1)c1ccc(CNc2ncc(C(F)(F)F)s2)cc1. The van der Waals surface area contributed by atoms with Gasteiger partial charge in [-0.3, -0.25) is 9.78 Å². The quantitative estimate of drug-likeness (QED) is 0.697. The normalized spacial score (nSPS) is 11.3. The monoisotopic (exact) mass is 392 g/mol. The average molecular weight is 392 g/mol. The molecular weight excluding hydrogens is 377 g/mol. The van der Waals surface area contributed by atoms with Crippen molar-refractivity contribution >= 4 is 28.1 Å². The number of amides is 1. The largest absolute Gasteiger partial charge is 0.427 e. The molecule has 0 unspecified atom stereocenters. The Labute approximate surface area is 157 Å². The molecule has 140 valence electrons. The lowest BCUT2D eigenvalue weighted by molar-refractivity contribution is -0.134. The van der Waals surface area contributed by atoms with Gasteiger partial charge in [0, 0.05) is 37.2 Å². The summed E-state index contributed by atoms with van der Waals surface area (Å²) in [6, 6.07) is 10.4. The van der Waals surface area contributed by atoms with Crippen LogP contribution in [0.1, 0.15) is 20.8 Å². The van der Waals surface area contributed by atoms with Crippen LogP contribution in [0, 0.1) is 0 Å². The first-order valence-electron chi connectivity index (χ1n) is 7.88. The van der Waals surface area contributed by atoms with Gasteiger partial charge in [-0.1, -0.05) is 23.5 Å². The van der Waals surface area contributed by atoms with Gasteiger partial charge in [-0.25, -0.2) is 4.98 Å². The smallest absolute Gasteiger partial charge is 0.357 e. The van der Waals surface area contributed by atoms with E-state index in [9.17, 15) is 18.0 Å². The lowest BCUT2D eigenvalue weighted by Crippen LogP contribution is -2.26. The van der Waals surface area contributed by atoms with E-state index in [1.54, 1.807) is 55.8 Å². The number of rotatable bonds is 5. The molecule has 0 saturated carbocycles. The van der Waals surface area contributed by atoms with Crippen molar-refractivity contribution < 1.29 is 18.0 Å². The fourth-order valence-electron chi connectivity index (χ4n) is 2.31. The molecule has 2 heterocycles. The van der Waals surface area contributed by atoms with Crippen LogP contribution in [0.5, 0.6) is 0 Å². The minimum absolute atomic E-state index is 0.161. The standard InChI is InChI=1S/C18H15F3N4OS/c1-25(16(26)13-6-8-22-9-7-13)14-4-2-12(3-5-14)10-23-17-24-11-15(27-17)18(19,20)21/h2-9,11H,10H2,1H3,(H,23,24). The van der Waals surface area contributed by atoms with Gasteiger partial charge in [-0.15, -0.1) is 0 Å². The Hall–Kier alpha value is -2.94. The van der Waals surface area contributed by atoms with Crippen molar-refractivity contribution in [1.29, 1.82) is 0 Å². The van der Waals surface area contributed by atoms with Gasteiger partial charge >= 0.3 is 6.18 Å². The van der Waals surface area contributed by atoms with E-state index in [-0.39, 0.29) is 11.0 Å². The summed E-state index contributed by atoms with van der Waals surface area (Å²) >= 11 is 0.563. The van der Waals surface area contributed by atoms with E-state index in [0.717, 1.165) is 11.8 Å². The van der Waals surface area contributed by atoms with Crippen molar-refractivity contribution in [3.8, 4) is 0 Å². The van der Waals surface area contributed by atoms with Crippen molar-refractivity contribution in [2.45, 2.75) is 12.7 Å². The molecule has 0 fully saturated rings. The number of anilines is 2. The molecule has 2 aromatic heterocycles. The molecule has 27 heavy (non-hydrogen) atoms. The molecule has 3 aromatic rings. The molecule has 0 aliphatic rings. The number of carbonyl (C=O) groups excluding carboxylic acids is 1. The van der Waals surface area contributed by atoms with Crippen molar-refractivity contribution in [3.05, 3.63) is 71.0 Å². The van der Waals surface area contributed by atoms with Gasteiger partial charge in [-0.05, 0) is 29.8 Å². The number of hydrogen-bond acceptors (Lipinski definition) is 5. The van der Waals surface area contributed by atoms with E-state index < -0.39 is 11.1 Å².